The first-order valence-corrected chi connectivity index (χ1v) is 14.0. The summed E-state index contributed by atoms with van der Waals surface area (Å²) >= 11 is 0. The highest BCUT2D eigenvalue weighted by Crippen LogP contribution is 2.41. The van der Waals surface area contributed by atoms with Crippen molar-refractivity contribution in [3.63, 3.8) is 0 Å². The van der Waals surface area contributed by atoms with E-state index < -0.39 is 12.0 Å². The molecule has 4 rings (SSSR count). The quantitative estimate of drug-likeness (QED) is 0.191. The van der Waals surface area contributed by atoms with Crippen molar-refractivity contribution in [2.75, 3.05) is 11.9 Å². The predicted molar refractivity (Wildman–Crippen MR) is 150 cm³/mol. The van der Waals surface area contributed by atoms with Gasteiger partial charge in [-0.3, -0.25) is 9.78 Å². The normalized spacial score (nSPS) is 18.8. The zero-order valence-electron chi connectivity index (χ0n) is 23.4. The number of carbonyl (C=O) groups excluding carboxylic acids is 1. The Kier molecular flexibility index (Phi) is 9.79. The number of carbonyl (C=O) groups is 1. The summed E-state index contributed by atoms with van der Waals surface area (Å²) < 4.78 is 31.6. The fraction of sp³-hybridized carbons (Fsp3) is 0.484. The van der Waals surface area contributed by atoms with Crippen LogP contribution in [0.5, 0.6) is 0 Å². The van der Waals surface area contributed by atoms with Gasteiger partial charge in [0.05, 0.1) is 23.9 Å². The van der Waals surface area contributed by atoms with Crippen LogP contribution in [0.25, 0.3) is 11.3 Å². The van der Waals surface area contributed by atoms with E-state index in [1.807, 2.05) is 31.2 Å². The monoisotopic (exact) mass is 552 g/mol. The van der Waals surface area contributed by atoms with Crippen LogP contribution < -0.4 is 5.32 Å². The van der Waals surface area contributed by atoms with Gasteiger partial charge in [0.15, 0.2) is 0 Å². The molecular weight excluding hydrogens is 514 g/mol. The molecule has 2 N–H and O–H groups in total. The second kappa shape index (κ2) is 13.3. The number of nitrogens with zero attached hydrogens (tertiary/aromatic N) is 3. The van der Waals surface area contributed by atoms with Crippen molar-refractivity contribution in [3.05, 3.63) is 65.6 Å². The summed E-state index contributed by atoms with van der Waals surface area (Å²) in [7, 11) is 0. The van der Waals surface area contributed by atoms with Crippen molar-refractivity contribution < 1.29 is 23.4 Å². The summed E-state index contributed by atoms with van der Waals surface area (Å²) in [5, 5.41) is 14.5. The van der Waals surface area contributed by atoms with Gasteiger partial charge in [0.1, 0.15) is 17.2 Å². The highest BCUT2D eigenvalue weighted by molar-refractivity contribution is 5.72. The molecule has 1 aliphatic rings. The molecule has 40 heavy (non-hydrogen) atoms. The Bertz CT molecular complexity index is 1280. The number of rotatable bonds is 11. The lowest BCUT2D eigenvalue weighted by Crippen LogP contribution is -2.37. The van der Waals surface area contributed by atoms with Crippen molar-refractivity contribution in [2.24, 2.45) is 11.8 Å². The number of alkyl halides is 2. The highest BCUT2D eigenvalue weighted by Gasteiger charge is 2.39. The first-order chi connectivity index (χ1) is 19.2. The van der Waals surface area contributed by atoms with E-state index in [-0.39, 0.29) is 29.2 Å². The molecule has 1 atom stereocenters. The minimum Gasteiger partial charge on any atom is -0.465 e. The van der Waals surface area contributed by atoms with Crippen LogP contribution in [0, 0.1) is 18.8 Å². The predicted octanol–water partition coefficient (Wildman–Crippen LogP) is 7.28. The largest absolute Gasteiger partial charge is 0.465 e. The molecule has 9 heteroatoms. The van der Waals surface area contributed by atoms with E-state index in [9.17, 15) is 18.7 Å². The third-order valence-electron chi connectivity index (χ3n) is 7.69. The van der Waals surface area contributed by atoms with Gasteiger partial charge in [-0.2, -0.15) is 0 Å². The molecular formula is C31H38F2N4O3. The average molecular weight is 553 g/mol. The number of aromatic nitrogens is 3. The zero-order chi connectivity index (χ0) is 28.7. The van der Waals surface area contributed by atoms with E-state index in [2.05, 4.69) is 27.2 Å². The molecule has 214 valence electrons. The molecule has 0 amide bonds. The van der Waals surface area contributed by atoms with Crippen LogP contribution in [0.1, 0.15) is 82.0 Å². The third kappa shape index (κ3) is 7.38. The van der Waals surface area contributed by atoms with Crippen molar-refractivity contribution in [1.29, 1.82) is 0 Å². The van der Waals surface area contributed by atoms with Gasteiger partial charge in [0, 0.05) is 23.5 Å². The molecule has 7 nitrogen and oxygen atoms in total. The smallest absolute Gasteiger partial charge is 0.308 e. The van der Waals surface area contributed by atoms with Gasteiger partial charge in [-0.1, -0.05) is 19.8 Å². The maximum atomic E-state index is 13.1. The second-order valence-corrected chi connectivity index (χ2v) is 10.8. The summed E-state index contributed by atoms with van der Waals surface area (Å²) in [6.07, 6.45) is 6.32. The molecule has 0 aromatic carbocycles. The lowest BCUT2D eigenvalue weighted by molar-refractivity contribution is -0.151. The first-order valence-electron chi connectivity index (χ1n) is 14.0. The number of nitrogens with one attached hydrogen (secondary N) is 1. The van der Waals surface area contributed by atoms with E-state index >= 15 is 0 Å². The van der Waals surface area contributed by atoms with Crippen molar-refractivity contribution >= 4 is 17.6 Å². The fourth-order valence-corrected chi connectivity index (χ4v) is 5.25. The molecule has 1 aliphatic carbocycles. The summed E-state index contributed by atoms with van der Waals surface area (Å²) in [5.74, 6) is 0.525. The zero-order valence-corrected chi connectivity index (χ0v) is 23.4. The number of unbranched alkanes of at least 4 members (excludes halogenated alkanes) is 2. The molecule has 1 saturated carbocycles. The number of halogens is 2. The van der Waals surface area contributed by atoms with E-state index in [4.69, 9.17) is 4.74 Å². The second-order valence-electron chi connectivity index (χ2n) is 10.8. The Hall–Kier alpha value is -3.46. The van der Waals surface area contributed by atoms with Gasteiger partial charge in [-0.05, 0) is 93.8 Å². The maximum absolute atomic E-state index is 13.1. The van der Waals surface area contributed by atoms with Crippen LogP contribution in [0.15, 0.2) is 48.8 Å². The lowest BCUT2D eigenvalue weighted by Gasteiger charge is -2.37. The Labute approximate surface area is 234 Å². The first kappa shape index (κ1) is 29.5. The molecule has 3 aromatic rings. The van der Waals surface area contributed by atoms with E-state index in [1.54, 1.807) is 13.1 Å². The molecule has 0 saturated heterocycles. The minimum atomic E-state index is -2.58. The summed E-state index contributed by atoms with van der Waals surface area (Å²) in [4.78, 5) is 25.7. The number of pyridine rings is 3. The van der Waals surface area contributed by atoms with Gasteiger partial charge >= 0.3 is 5.97 Å². The standard InChI is InChI=1S/C31H38F2N4O3/c1-4-5-6-15-40-30(38)21-7-10-24(11-8-21)31(3,39)26-12-9-23(19-35-26)25-16-20(2)17-28(36-25)37-27-18-22(29(32)33)13-14-34-27/h9,12-14,16-19,21,24,29,39H,4-8,10-11,15H2,1-3H3,(H,34,36,37)/t21-,24-,31?. The summed E-state index contributed by atoms with van der Waals surface area (Å²) in [5.41, 5.74) is 1.66. The summed E-state index contributed by atoms with van der Waals surface area (Å²) in [6.45, 7) is 6.31. The average Bonchev–Trinajstić information content (AvgIpc) is 2.95. The van der Waals surface area contributed by atoms with Crippen LogP contribution in [0.4, 0.5) is 20.4 Å². The highest BCUT2D eigenvalue weighted by atomic mass is 19.3. The third-order valence-corrected chi connectivity index (χ3v) is 7.69. The molecule has 3 heterocycles. The summed E-state index contributed by atoms with van der Waals surface area (Å²) in [6, 6.07) is 9.99. The topological polar surface area (TPSA) is 97.2 Å². The van der Waals surface area contributed by atoms with E-state index in [0.717, 1.165) is 43.2 Å². The number of ether oxygens (including phenoxy) is 1. The van der Waals surface area contributed by atoms with Gasteiger partial charge in [0.2, 0.25) is 0 Å². The number of aryl methyl sites for hydroxylation is 1. The van der Waals surface area contributed by atoms with Gasteiger partial charge in [-0.15, -0.1) is 0 Å². The Morgan fingerprint density at radius 3 is 2.55 bits per heavy atom. The number of hydrogen-bond acceptors (Lipinski definition) is 7. The molecule has 0 spiro atoms. The fourth-order valence-electron chi connectivity index (χ4n) is 5.25. The molecule has 1 unspecified atom stereocenters. The van der Waals surface area contributed by atoms with Crippen LogP contribution in [-0.2, 0) is 15.1 Å². The molecule has 3 aromatic heterocycles. The number of hydrogen-bond donors (Lipinski definition) is 2. The van der Waals surface area contributed by atoms with E-state index in [0.29, 0.717) is 36.7 Å². The van der Waals surface area contributed by atoms with Gasteiger partial charge in [0.25, 0.3) is 6.43 Å². The Morgan fingerprint density at radius 1 is 1.10 bits per heavy atom. The van der Waals surface area contributed by atoms with E-state index in [1.165, 1.54) is 18.3 Å². The molecule has 0 aliphatic heterocycles. The van der Waals surface area contributed by atoms with Crippen molar-refractivity contribution in [3.8, 4) is 11.3 Å². The van der Waals surface area contributed by atoms with Crippen LogP contribution >= 0.6 is 0 Å². The van der Waals surface area contributed by atoms with Crippen molar-refractivity contribution in [2.45, 2.75) is 77.7 Å². The van der Waals surface area contributed by atoms with Crippen LogP contribution in [0.3, 0.4) is 0 Å². The number of anilines is 2. The minimum absolute atomic E-state index is 0.0145. The molecule has 0 radical (unpaired) electrons. The Balaban J connectivity index is 1.40. The van der Waals surface area contributed by atoms with Crippen LogP contribution in [0.2, 0.25) is 0 Å². The number of aliphatic hydroxyl groups is 1. The Morgan fingerprint density at radius 2 is 1.88 bits per heavy atom. The lowest BCUT2D eigenvalue weighted by atomic mass is 9.73. The van der Waals surface area contributed by atoms with Gasteiger partial charge in [-0.25, -0.2) is 18.7 Å². The van der Waals surface area contributed by atoms with Crippen LogP contribution in [-0.4, -0.2) is 32.6 Å². The van der Waals surface area contributed by atoms with Crippen molar-refractivity contribution in [1.82, 2.24) is 15.0 Å². The maximum Gasteiger partial charge on any atom is 0.308 e. The molecule has 0 bridgehead atoms. The molecule has 1 fully saturated rings. The SMILES string of the molecule is CCCCCOC(=O)[C@H]1CC[C@H](C(C)(O)c2ccc(-c3cc(C)cc(Nc4cc(C(F)F)ccn4)n3)cn2)CC1. The van der Waals surface area contributed by atoms with Gasteiger partial charge < -0.3 is 15.2 Å². The number of esters is 1.